The molecule has 0 saturated heterocycles. The predicted octanol–water partition coefficient (Wildman–Crippen LogP) is 2.94. The SMILES string of the molecule is O=[N+]([O-])c1ccc(C(=NO)c2nc(-c3ccccc3)c[se]2)cc1. The Morgan fingerprint density at radius 1 is 1.13 bits per heavy atom. The number of nitro groups is 1. The van der Waals surface area contributed by atoms with Crippen molar-refractivity contribution in [1.29, 1.82) is 0 Å². The van der Waals surface area contributed by atoms with Crippen molar-refractivity contribution in [2.45, 2.75) is 0 Å². The van der Waals surface area contributed by atoms with E-state index in [4.69, 9.17) is 0 Å². The minimum atomic E-state index is -0.467. The second-order valence-corrected chi connectivity index (χ2v) is 6.46. The number of benzene rings is 2. The third kappa shape index (κ3) is 3.20. The Bertz CT molecular complexity index is 858. The predicted molar refractivity (Wildman–Crippen MR) is 87.1 cm³/mol. The third-order valence-electron chi connectivity index (χ3n) is 3.23. The fourth-order valence-electron chi connectivity index (χ4n) is 2.09. The van der Waals surface area contributed by atoms with Gasteiger partial charge in [0.05, 0.1) is 0 Å². The summed E-state index contributed by atoms with van der Waals surface area (Å²) in [4.78, 5) is 16.8. The van der Waals surface area contributed by atoms with Gasteiger partial charge in [0.1, 0.15) is 0 Å². The number of hydrogen-bond acceptors (Lipinski definition) is 5. The van der Waals surface area contributed by atoms with Crippen molar-refractivity contribution in [3.05, 3.63) is 79.8 Å². The van der Waals surface area contributed by atoms with Crippen LogP contribution in [0.15, 0.2) is 64.7 Å². The Morgan fingerprint density at radius 2 is 1.83 bits per heavy atom. The number of nitro benzene ring substituents is 1. The van der Waals surface area contributed by atoms with Crippen molar-refractivity contribution in [1.82, 2.24) is 4.98 Å². The van der Waals surface area contributed by atoms with Gasteiger partial charge in [0.15, 0.2) is 0 Å². The molecule has 114 valence electrons. The topological polar surface area (TPSA) is 88.6 Å². The van der Waals surface area contributed by atoms with E-state index >= 15 is 0 Å². The molecule has 3 aromatic rings. The summed E-state index contributed by atoms with van der Waals surface area (Å²) in [7, 11) is 0. The first-order valence-electron chi connectivity index (χ1n) is 6.67. The van der Waals surface area contributed by atoms with Gasteiger partial charge >= 0.3 is 137 Å². The van der Waals surface area contributed by atoms with Gasteiger partial charge in [-0.1, -0.05) is 0 Å². The molecular formula is C16H11N3O3Se. The van der Waals surface area contributed by atoms with Crippen LogP contribution in [0.2, 0.25) is 0 Å². The molecule has 1 aromatic heterocycles. The number of aromatic nitrogens is 1. The first kappa shape index (κ1) is 15.1. The van der Waals surface area contributed by atoms with Gasteiger partial charge in [0.25, 0.3) is 0 Å². The van der Waals surface area contributed by atoms with Crippen LogP contribution in [0.1, 0.15) is 10.1 Å². The van der Waals surface area contributed by atoms with Gasteiger partial charge < -0.3 is 0 Å². The van der Waals surface area contributed by atoms with E-state index in [1.54, 1.807) is 12.1 Å². The number of hydrogen-bond donors (Lipinski definition) is 1. The van der Waals surface area contributed by atoms with Crippen LogP contribution in [-0.2, 0) is 0 Å². The summed E-state index contributed by atoms with van der Waals surface area (Å²) in [6.07, 6.45) is 0. The second-order valence-electron chi connectivity index (χ2n) is 4.66. The molecule has 1 N–H and O–H groups in total. The molecule has 0 atom stereocenters. The number of oxime groups is 1. The van der Waals surface area contributed by atoms with Gasteiger partial charge in [-0.2, -0.15) is 0 Å². The van der Waals surface area contributed by atoms with E-state index in [2.05, 4.69) is 10.1 Å². The van der Waals surface area contributed by atoms with Gasteiger partial charge in [-0.25, -0.2) is 0 Å². The molecule has 0 aliphatic carbocycles. The Labute approximate surface area is 137 Å². The summed E-state index contributed by atoms with van der Waals surface area (Å²) in [6.45, 7) is 0. The molecule has 0 spiro atoms. The Balaban J connectivity index is 1.93. The van der Waals surface area contributed by atoms with Crippen molar-refractivity contribution in [2.24, 2.45) is 5.16 Å². The average molecular weight is 372 g/mol. The molecule has 0 aliphatic heterocycles. The molecule has 0 amide bonds. The first-order chi connectivity index (χ1) is 11.2. The van der Waals surface area contributed by atoms with Gasteiger partial charge in [-0.3, -0.25) is 0 Å². The molecule has 6 nitrogen and oxygen atoms in total. The van der Waals surface area contributed by atoms with E-state index in [1.165, 1.54) is 12.1 Å². The minimum absolute atomic E-state index is 0.00647. The van der Waals surface area contributed by atoms with Gasteiger partial charge in [-0.15, -0.1) is 0 Å². The van der Waals surface area contributed by atoms with Crippen molar-refractivity contribution in [3.63, 3.8) is 0 Å². The zero-order valence-electron chi connectivity index (χ0n) is 11.8. The summed E-state index contributed by atoms with van der Waals surface area (Å²) < 4.78 is 0.688. The fraction of sp³-hybridized carbons (Fsp3) is 0. The van der Waals surface area contributed by atoms with E-state index in [0.717, 1.165) is 11.3 Å². The van der Waals surface area contributed by atoms with E-state index in [1.807, 2.05) is 35.3 Å². The average Bonchev–Trinajstić information content (AvgIpc) is 3.06. The Hall–Kier alpha value is -2.76. The van der Waals surface area contributed by atoms with Crippen molar-refractivity contribution >= 4 is 25.9 Å². The molecule has 0 unspecified atom stereocenters. The molecular weight excluding hydrogens is 361 g/mol. The first-order valence-corrected chi connectivity index (χ1v) is 8.52. The van der Waals surface area contributed by atoms with Crippen LogP contribution in [0, 0.1) is 10.1 Å². The summed E-state index contributed by atoms with van der Waals surface area (Å²) in [5.74, 6) is 0. The van der Waals surface area contributed by atoms with Crippen molar-refractivity contribution in [2.75, 3.05) is 0 Å². The molecule has 0 fully saturated rings. The zero-order valence-corrected chi connectivity index (χ0v) is 13.5. The maximum absolute atomic E-state index is 10.7. The van der Waals surface area contributed by atoms with Gasteiger partial charge in [0.2, 0.25) is 0 Å². The molecule has 7 heteroatoms. The van der Waals surface area contributed by atoms with Crippen LogP contribution < -0.4 is 0 Å². The maximum atomic E-state index is 10.7. The molecule has 0 aliphatic rings. The van der Waals surface area contributed by atoms with Gasteiger partial charge in [-0.05, 0) is 0 Å². The van der Waals surface area contributed by atoms with Crippen molar-refractivity contribution < 1.29 is 10.1 Å². The number of non-ortho nitro benzene ring substituents is 1. The molecule has 2 aromatic carbocycles. The Kier molecular flexibility index (Phi) is 4.32. The summed E-state index contributed by atoms with van der Waals surface area (Å²) in [5, 5.41) is 23.4. The van der Waals surface area contributed by atoms with Crippen LogP contribution in [0.3, 0.4) is 0 Å². The van der Waals surface area contributed by atoms with Crippen LogP contribution in [-0.4, -0.2) is 35.3 Å². The summed E-state index contributed by atoms with van der Waals surface area (Å²) in [6, 6.07) is 15.6. The molecule has 3 rings (SSSR count). The summed E-state index contributed by atoms with van der Waals surface area (Å²) in [5.41, 5.74) is 2.80. The van der Waals surface area contributed by atoms with Crippen LogP contribution in [0.4, 0.5) is 5.69 Å². The molecule has 1 heterocycles. The quantitative estimate of drug-likeness (QED) is 0.251. The Morgan fingerprint density at radius 3 is 2.43 bits per heavy atom. The number of rotatable bonds is 4. The van der Waals surface area contributed by atoms with Crippen molar-refractivity contribution in [3.8, 4) is 11.3 Å². The molecule has 0 saturated carbocycles. The van der Waals surface area contributed by atoms with E-state index in [9.17, 15) is 15.3 Å². The fourth-order valence-corrected chi connectivity index (χ4v) is 3.84. The normalized spacial score (nSPS) is 11.4. The van der Waals surface area contributed by atoms with Crippen LogP contribution in [0.5, 0.6) is 0 Å². The number of nitrogens with zero attached hydrogens (tertiary/aromatic N) is 3. The molecule has 0 bridgehead atoms. The van der Waals surface area contributed by atoms with Crippen LogP contribution >= 0.6 is 0 Å². The third-order valence-corrected chi connectivity index (χ3v) is 5.01. The second kappa shape index (κ2) is 6.56. The zero-order chi connectivity index (χ0) is 16.2. The van der Waals surface area contributed by atoms with Crippen LogP contribution in [0.25, 0.3) is 11.3 Å². The monoisotopic (exact) mass is 373 g/mol. The van der Waals surface area contributed by atoms with E-state index < -0.39 is 4.92 Å². The van der Waals surface area contributed by atoms with E-state index in [0.29, 0.717) is 15.8 Å². The molecule has 0 radical (unpaired) electrons. The molecule has 23 heavy (non-hydrogen) atoms. The summed E-state index contributed by atoms with van der Waals surface area (Å²) >= 11 is -0.0610. The van der Waals surface area contributed by atoms with Gasteiger partial charge in [0, 0.05) is 0 Å². The standard InChI is InChI=1S/C16H11N3O3Se/c20-18-15(12-6-8-13(9-7-12)19(21)22)16-17-14(10-23-16)11-4-2-1-3-5-11/h1-10,20H. The van der Waals surface area contributed by atoms with E-state index in [-0.39, 0.29) is 20.2 Å².